The van der Waals surface area contributed by atoms with Crippen molar-refractivity contribution < 1.29 is 4.79 Å². The molecular formula is C11H20N2O. The van der Waals surface area contributed by atoms with Crippen molar-refractivity contribution in [3.63, 3.8) is 0 Å². The number of nitrogens with zero attached hydrogens (tertiary/aromatic N) is 1. The maximum Gasteiger partial charge on any atom is 0.221 e. The van der Waals surface area contributed by atoms with Crippen LogP contribution < -0.4 is 5.32 Å². The minimum Gasteiger partial charge on any atom is -0.354 e. The van der Waals surface area contributed by atoms with E-state index in [4.69, 9.17) is 0 Å². The van der Waals surface area contributed by atoms with Crippen molar-refractivity contribution in [1.82, 2.24) is 10.2 Å². The van der Waals surface area contributed by atoms with Gasteiger partial charge in [-0.05, 0) is 25.8 Å². The number of rotatable bonds is 2. The topological polar surface area (TPSA) is 32.3 Å². The van der Waals surface area contributed by atoms with E-state index < -0.39 is 0 Å². The number of nitrogens with one attached hydrogen (secondary N) is 1. The van der Waals surface area contributed by atoms with Gasteiger partial charge in [0.05, 0.1) is 0 Å². The van der Waals surface area contributed by atoms with Gasteiger partial charge in [0.1, 0.15) is 0 Å². The third kappa shape index (κ3) is 1.92. The quantitative estimate of drug-likeness (QED) is 0.718. The molecule has 2 aliphatic heterocycles. The molecule has 14 heavy (non-hydrogen) atoms. The van der Waals surface area contributed by atoms with Crippen LogP contribution in [0.1, 0.15) is 39.0 Å². The number of carbonyl (C=O) groups is 1. The maximum atomic E-state index is 11.4. The highest BCUT2D eigenvalue weighted by molar-refractivity contribution is 5.77. The molecule has 2 atom stereocenters. The highest BCUT2D eigenvalue weighted by Gasteiger charge is 2.33. The Balaban J connectivity index is 2.09. The zero-order chi connectivity index (χ0) is 9.97. The number of fused-ring (bicyclic) bond motifs is 2. The number of carbonyl (C=O) groups excluding carboxylic acids is 1. The summed E-state index contributed by atoms with van der Waals surface area (Å²) in [4.78, 5) is 14.0. The lowest BCUT2D eigenvalue weighted by molar-refractivity contribution is -0.121. The highest BCUT2D eigenvalue weighted by atomic mass is 16.1. The fraction of sp³-hybridized carbons (Fsp3) is 0.909. The molecule has 2 rings (SSSR count). The van der Waals surface area contributed by atoms with E-state index in [0.717, 1.165) is 19.5 Å². The molecule has 2 aliphatic rings. The number of piperidine rings is 1. The smallest absolute Gasteiger partial charge is 0.221 e. The van der Waals surface area contributed by atoms with Crippen molar-refractivity contribution in [2.75, 3.05) is 13.1 Å². The summed E-state index contributed by atoms with van der Waals surface area (Å²) in [7, 11) is 0. The van der Waals surface area contributed by atoms with Crippen LogP contribution >= 0.6 is 0 Å². The molecule has 1 N–H and O–H groups in total. The summed E-state index contributed by atoms with van der Waals surface area (Å²) >= 11 is 0. The zero-order valence-corrected chi connectivity index (χ0v) is 8.96. The molecule has 2 fully saturated rings. The predicted octanol–water partition coefficient (Wildman–Crippen LogP) is 1.14. The van der Waals surface area contributed by atoms with Crippen LogP contribution in [0.3, 0.4) is 0 Å². The van der Waals surface area contributed by atoms with Crippen LogP contribution in [-0.2, 0) is 4.79 Å². The second-order valence-corrected chi connectivity index (χ2v) is 4.48. The summed E-state index contributed by atoms with van der Waals surface area (Å²) in [5.41, 5.74) is 0. The molecule has 80 valence electrons. The fourth-order valence-corrected chi connectivity index (χ4v) is 2.80. The molecule has 0 aromatic heterocycles. The molecule has 2 heterocycles. The molecule has 0 aromatic rings. The van der Waals surface area contributed by atoms with E-state index in [1.54, 1.807) is 0 Å². The fourth-order valence-electron chi connectivity index (χ4n) is 2.80. The second kappa shape index (κ2) is 4.30. The lowest BCUT2D eigenvalue weighted by Gasteiger charge is -2.39. The Morgan fingerprint density at radius 1 is 1.43 bits per heavy atom. The van der Waals surface area contributed by atoms with E-state index in [-0.39, 0.29) is 5.91 Å². The van der Waals surface area contributed by atoms with Gasteiger partial charge < -0.3 is 5.32 Å². The minimum atomic E-state index is 0.250. The SMILES string of the molecule is CCCN1[C@@H]2CCC[C@@H]1CC(=O)NC2. The highest BCUT2D eigenvalue weighted by Crippen LogP contribution is 2.26. The number of hydrogen-bond acceptors (Lipinski definition) is 2. The summed E-state index contributed by atoms with van der Waals surface area (Å²) in [6, 6.07) is 1.14. The first kappa shape index (κ1) is 9.97. The first-order valence-electron chi connectivity index (χ1n) is 5.83. The molecule has 3 nitrogen and oxygen atoms in total. The van der Waals surface area contributed by atoms with Gasteiger partial charge in [0, 0.05) is 25.0 Å². The van der Waals surface area contributed by atoms with Gasteiger partial charge in [-0.3, -0.25) is 9.69 Å². The molecule has 0 unspecified atom stereocenters. The predicted molar refractivity (Wildman–Crippen MR) is 56.1 cm³/mol. The van der Waals surface area contributed by atoms with Gasteiger partial charge in [-0.25, -0.2) is 0 Å². The third-order valence-corrected chi connectivity index (χ3v) is 3.45. The molecule has 0 radical (unpaired) electrons. The minimum absolute atomic E-state index is 0.250. The number of amides is 1. The van der Waals surface area contributed by atoms with E-state index in [0.29, 0.717) is 12.1 Å². The van der Waals surface area contributed by atoms with Gasteiger partial charge in [-0.2, -0.15) is 0 Å². The van der Waals surface area contributed by atoms with Crippen LogP contribution in [0.15, 0.2) is 0 Å². The van der Waals surface area contributed by atoms with Crippen molar-refractivity contribution in [3.8, 4) is 0 Å². The Morgan fingerprint density at radius 2 is 2.21 bits per heavy atom. The van der Waals surface area contributed by atoms with Crippen molar-refractivity contribution in [1.29, 1.82) is 0 Å². The molecule has 3 heteroatoms. The number of hydrogen-bond donors (Lipinski definition) is 1. The van der Waals surface area contributed by atoms with Gasteiger partial charge in [0.15, 0.2) is 0 Å². The summed E-state index contributed by atoms with van der Waals surface area (Å²) in [5, 5.41) is 3.02. The van der Waals surface area contributed by atoms with Gasteiger partial charge in [-0.1, -0.05) is 13.3 Å². The normalized spacial score (nSPS) is 33.6. The van der Waals surface area contributed by atoms with Crippen molar-refractivity contribution in [2.45, 2.75) is 51.1 Å². The van der Waals surface area contributed by atoms with Gasteiger partial charge in [0.25, 0.3) is 0 Å². The lowest BCUT2D eigenvalue weighted by Crippen LogP contribution is -2.48. The van der Waals surface area contributed by atoms with Gasteiger partial charge >= 0.3 is 0 Å². The Morgan fingerprint density at radius 3 is 3.00 bits per heavy atom. The zero-order valence-electron chi connectivity index (χ0n) is 8.96. The Kier molecular flexibility index (Phi) is 3.06. The average molecular weight is 196 g/mol. The molecule has 2 saturated heterocycles. The average Bonchev–Trinajstić information content (AvgIpc) is 2.27. The van der Waals surface area contributed by atoms with E-state index in [1.807, 2.05) is 0 Å². The molecule has 0 spiro atoms. The third-order valence-electron chi connectivity index (χ3n) is 3.45. The Hall–Kier alpha value is -0.570. The summed E-state index contributed by atoms with van der Waals surface area (Å²) in [6.07, 6.45) is 5.68. The van der Waals surface area contributed by atoms with Crippen LogP contribution in [0.5, 0.6) is 0 Å². The summed E-state index contributed by atoms with van der Waals surface area (Å²) in [6.45, 7) is 4.25. The van der Waals surface area contributed by atoms with Gasteiger partial charge in [0.2, 0.25) is 5.91 Å². The van der Waals surface area contributed by atoms with Gasteiger partial charge in [-0.15, -0.1) is 0 Å². The van der Waals surface area contributed by atoms with Crippen LogP contribution in [0.25, 0.3) is 0 Å². The standard InChI is InChI=1S/C11H20N2O/c1-2-6-13-9-4-3-5-10(13)8-12-11(14)7-9/h9-10H,2-8H2,1H3,(H,12,14)/t9-,10-/m1/s1. The van der Waals surface area contributed by atoms with E-state index in [9.17, 15) is 4.79 Å². The molecule has 2 bridgehead atoms. The maximum absolute atomic E-state index is 11.4. The molecular weight excluding hydrogens is 176 g/mol. The van der Waals surface area contributed by atoms with Crippen LogP contribution in [0.4, 0.5) is 0 Å². The first-order valence-corrected chi connectivity index (χ1v) is 5.83. The van der Waals surface area contributed by atoms with Crippen molar-refractivity contribution >= 4 is 5.91 Å². The van der Waals surface area contributed by atoms with E-state index in [1.165, 1.54) is 25.7 Å². The lowest BCUT2D eigenvalue weighted by atomic mass is 9.94. The van der Waals surface area contributed by atoms with E-state index >= 15 is 0 Å². The molecule has 0 saturated carbocycles. The first-order chi connectivity index (χ1) is 6.81. The van der Waals surface area contributed by atoms with Crippen LogP contribution in [-0.4, -0.2) is 36.0 Å². The molecule has 0 aromatic carbocycles. The molecule has 0 aliphatic carbocycles. The molecule has 1 amide bonds. The largest absolute Gasteiger partial charge is 0.354 e. The van der Waals surface area contributed by atoms with Crippen LogP contribution in [0.2, 0.25) is 0 Å². The Labute approximate surface area is 85.8 Å². The van der Waals surface area contributed by atoms with Crippen LogP contribution in [0, 0.1) is 0 Å². The summed E-state index contributed by atoms with van der Waals surface area (Å²) < 4.78 is 0. The Bertz CT molecular complexity index is 217. The second-order valence-electron chi connectivity index (χ2n) is 4.48. The van der Waals surface area contributed by atoms with E-state index in [2.05, 4.69) is 17.1 Å². The van der Waals surface area contributed by atoms with Crippen molar-refractivity contribution in [2.24, 2.45) is 0 Å². The summed E-state index contributed by atoms with van der Waals surface area (Å²) in [5.74, 6) is 0.250. The monoisotopic (exact) mass is 196 g/mol. The van der Waals surface area contributed by atoms with Crippen molar-refractivity contribution in [3.05, 3.63) is 0 Å².